The number of non-ortho nitro benzene ring substituents is 1. The largest absolute Gasteiger partial charge is 0.491 e. The number of aryl methyl sites for hydroxylation is 1. The minimum atomic E-state index is -0.682. The van der Waals surface area contributed by atoms with Crippen molar-refractivity contribution in [2.24, 2.45) is 0 Å². The molecule has 0 bridgehead atoms. The highest BCUT2D eigenvalue weighted by atomic mass is 16.6. The first kappa shape index (κ1) is 14.0. The van der Waals surface area contributed by atoms with E-state index in [0.29, 0.717) is 12.3 Å². The first-order chi connectivity index (χ1) is 9.56. The molecular formula is C13H15N3O4. The summed E-state index contributed by atoms with van der Waals surface area (Å²) in [5.74, 6) is 1.30. The molecule has 1 atom stereocenters. The van der Waals surface area contributed by atoms with E-state index in [1.165, 1.54) is 24.3 Å². The van der Waals surface area contributed by atoms with E-state index in [9.17, 15) is 15.2 Å². The predicted molar refractivity (Wildman–Crippen MR) is 71.6 cm³/mol. The Labute approximate surface area is 115 Å². The SMILES string of the molecule is Cc1nccn1C[C@H](O)COc1ccc([N+](=O)[O-])cc1. The molecule has 0 aliphatic heterocycles. The summed E-state index contributed by atoms with van der Waals surface area (Å²) in [4.78, 5) is 14.1. The van der Waals surface area contributed by atoms with Gasteiger partial charge < -0.3 is 14.4 Å². The van der Waals surface area contributed by atoms with Crippen molar-refractivity contribution >= 4 is 5.69 Å². The fourth-order valence-electron chi connectivity index (χ4n) is 1.73. The topological polar surface area (TPSA) is 90.4 Å². The summed E-state index contributed by atoms with van der Waals surface area (Å²) in [5.41, 5.74) is 0.00642. The van der Waals surface area contributed by atoms with Gasteiger partial charge in [0.05, 0.1) is 11.5 Å². The van der Waals surface area contributed by atoms with E-state index >= 15 is 0 Å². The van der Waals surface area contributed by atoms with Gasteiger partial charge in [0.25, 0.3) is 5.69 Å². The second kappa shape index (κ2) is 6.16. The van der Waals surface area contributed by atoms with Crippen LogP contribution in [0.15, 0.2) is 36.7 Å². The molecule has 7 nitrogen and oxygen atoms in total. The molecule has 2 aromatic rings. The zero-order valence-electron chi connectivity index (χ0n) is 11.0. The van der Waals surface area contributed by atoms with Crippen LogP contribution in [-0.2, 0) is 6.54 Å². The molecule has 0 unspecified atom stereocenters. The number of aromatic nitrogens is 2. The Morgan fingerprint density at radius 3 is 2.70 bits per heavy atom. The highest BCUT2D eigenvalue weighted by molar-refractivity contribution is 5.35. The Bertz CT molecular complexity index is 580. The van der Waals surface area contributed by atoms with Crippen LogP contribution < -0.4 is 4.74 Å². The van der Waals surface area contributed by atoms with Crippen LogP contribution in [0.25, 0.3) is 0 Å². The molecule has 2 rings (SSSR count). The highest BCUT2D eigenvalue weighted by Crippen LogP contribution is 2.17. The lowest BCUT2D eigenvalue weighted by Gasteiger charge is -2.13. The smallest absolute Gasteiger partial charge is 0.269 e. The molecule has 1 aromatic heterocycles. The highest BCUT2D eigenvalue weighted by Gasteiger charge is 2.09. The van der Waals surface area contributed by atoms with Crippen molar-refractivity contribution in [1.29, 1.82) is 0 Å². The molecule has 0 spiro atoms. The zero-order valence-corrected chi connectivity index (χ0v) is 11.0. The number of aliphatic hydroxyl groups excluding tert-OH is 1. The third-order valence-electron chi connectivity index (χ3n) is 2.82. The fraction of sp³-hybridized carbons (Fsp3) is 0.308. The van der Waals surface area contributed by atoms with Gasteiger partial charge in [0.15, 0.2) is 0 Å². The molecule has 1 aromatic carbocycles. The second-order valence-corrected chi connectivity index (χ2v) is 4.34. The van der Waals surface area contributed by atoms with Crippen LogP contribution in [0.4, 0.5) is 5.69 Å². The van der Waals surface area contributed by atoms with Crippen molar-refractivity contribution in [3.05, 3.63) is 52.6 Å². The first-order valence-corrected chi connectivity index (χ1v) is 6.09. The number of nitrogens with zero attached hydrogens (tertiary/aromatic N) is 3. The molecule has 1 N–H and O–H groups in total. The maximum atomic E-state index is 10.5. The van der Waals surface area contributed by atoms with Gasteiger partial charge in [-0.2, -0.15) is 0 Å². The fourth-order valence-corrected chi connectivity index (χ4v) is 1.73. The number of imidazole rings is 1. The Kier molecular flexibility index (Phi) is 4.31. The molecule has 106 valence electrons. The van der Waals surface area contributed by atoms with E-state index in [1.54, 1.807) is 12.4 Å². The summed E-state index contributed by atoms with van der Waals surface area (Å²) in [5, 5.41) is 20.4. The van der Waals surface area contributed by atoms with Gasteiger partial charge >= 0.3 is 0 Å². The molecule has 0 amide bonds. The number of aliphatic hydroxyl groups is 1. The van der Waals surface area contributed by atoms with Gasteiger partial charge in [0.2, 0.25) is 0 Å². The summed E-state index contributed by atoms with van der Waals surface area (Å²) in [6, 6.07) is 5.74. The molecule has 0 saturated heterocycles. The number of benzene rings is 1. The molecule has 0 radical (unpaired) electrons. The van der Waals surface area contributed by atoms with Crippen LogP contribution in [0, 0.1) is 17.0 Å². The van der Waals surface area contributed by atoms with Crippen molar-refractivity contribution in [2.45, 2.75) is 19.6 Å². The maximum Gasteiger partial charge on any atom is 0.269 e. The minimum Gasteiger partial charge on any atom is -0.491 e. The third kappa shape index (κ3) is 3.55. The van der Waals surface area contributed by atoms with E-state index in [-0.39, 0.29) is 12.3 Å². The third-order valence-corrected chi connectivity index (χ3v) is 2.82. The summed E-state index contributed by atoms with van der Waals surface area (Å²) >= 11 is 0. The Hall–Kier alpha value is -2.41. The number of rotatable bonds is 6. The molecule has 20 heavy (non-hydrogen) atoms. The number of nitro groups is 1. The van der Waals surface area contributed by atoms with Crippen LogP contribution >= 0.6 is 0 Å². The van der Waals surface area contributed by atoms with Crippen LogP contribution in [0.3, 0.4) is 0 Å². The van der Waals surface area contributed by atoms with Crippen LogP contribution in [0.1, 0.15) is 5.82 Å². The standard InChI is InChI=1S/C13H15N3O4/c1-10-14-6-7-15(10)8-12(17)9-20-13-4-2-11(3-5-13)16(18)19/h2-7,12,17H,8-9H2,1H3/t12-/m0/s1. The van der Waals surface area contributed by atoms with Gasteiger partial charge in [-0.3, -0.25) is 10.1 Å². The van der Waals surface area contributed by atoms with E-state index < -0.39 is 11.0 Å². The van der Waals surface area contributed by atoms with Gasteiger partial charge in [-0.1, -0.05) is 0 Å². The predicted octanol–water partition coefficient (Wildman–Crippen LogP) is 1.54. The van der Waals surface area contributed by atoms with E-state index in [0.717, 1.165) is 5.82 Å². The second-order valence-electron chi connectivity index (χ2n) is 4.34. The van der Waals surface area contributed by atoms with E-state index in [4.69, 9.17) is 4.74 Å². The summed E-state index contributed by atoms with van der Waals surface area (Å²) in [7, 11) is 0. The molecular weight excluding hydrogens is 262 g/mol. The Balaban J connectivity index is 1.85. The minimum absolute atomic E-state index is 0.00642. The van der Waals surface area contributed by atoms with Crippen LogP contribution in [0.2, 0.25) is 0 Å². The van der Waals surface area contributed by atoms with Crippen molar-refractivity contribution < 1.29 is 14.8 Å². The van der Waals surface area contributed by atoms with E-state index in [2.05, 4.69) is 4.98 Å². The molecule has 0 fully saturated rings. The molecule has 0 aliphatic carbocycles. The normalized spacial score (nSPS) is 12.1. The summed E-state index contributed by atoms with van der Waals surface area (Å²) in [6.45, 7) is 2.35. The van der Waals surface area contributed by atoms with Gasteiger partial charge in [-0.05, 0) is 19.1 Å². The lowest BCUT2D eigenvalue weighted by atomic mass is 10.3. The molecule has 0 saturated carbocycles. The maximum absolute atomic E-state index is 10.5. The number of hydrogen-bond donors (Lipinski definition) is 1. The van der Waals surface area contributed by atoms with E-state index in [1.807, 2.05) is 11.5 Å². The van der Waals surface area contributed by atoms with Gasteiger partial charge in [-0.15, -0.1) is 0 Å². The molecule has 7 heteroatoms. The first-order valence-electron chi connectivity index (χ1n) is 6.09. The van der Waals surface area contributed by atoms with Crippen molar-refractivity contribution in [3.8, 4) is 5.75 Å². The Morgan fingerprint density at radius 2 is 2.15 bits per heavy atom. The quantitative estimate of drug-likeness (QED) is 0.639. The van der Waals surface area contributed by atoms with Gasteiger partial charge in [-0.25, -0.2) is 4.98 Å². The van der Waals surface area contributed by atoms with Crippen molar-refractivity contribution in [1.82, 2.24) is 9.55 Å². The number of ether oxygens (including phenoxy) is 1. The average Bonchev–Trinajstić information content (AvgIpc) is 2.82. The summed E-state index contributed by atoms with van der Waals surface area (Å²) < 4.78 is 7.21. The van der Waals surface area contributed by atoms with Gasteiger partial charge in [0.1, 0.15) is 24.3 Å². The average molecular weight is 277 g/mol. The summed E-state index contributed by atoms with van der Waals surface area (Å²) in [6.07, 6.45) is 2.77. The molecule has 1 heterocycles. The van der Waals surface area contributed by atoms with Crippen LogP contribution in [-0.4, -0.2) is 32.3 Å². The lowest BCUT2D eigenvalue weighted by Crippen LogP contribution is -2.23. The molecule has 0 aliphatic rings. The Morgan fingerprint density at radius 1 is 1.45 bits per heavy atom. The van der Waals surface area contributed by atoms with Gasteiger partial charge in [0, 0.05) is 24.5 Å². The lowest BCUT2D eigenvalue weighted by molar-refractivity contribution is -0.384. The van der Waals surface area contributed by atoms with Crippen molar-refractivity contribution in [3.63, 3.8) is 0 Å². The number of hydrogen-bond acceptors (Lipinski definition) is 5. The monoisotopic (exact) mass is 277 g/mol. The van der Waals surface area contributed by atoms with Crippen LogP contribution in [0.5, 0.6) is 5.75 Å². The number of nitro benzene ring substituents is 1. The zero-order chi connectivity index (χ0) is 14.5. The van der Waals surface area contributed by atoms with Crippen molar-refractivity contribution in [2.75, 3.05) is 6.61 Å².